The molecule has 0 bridgehead atoms. The van der Waals surface area contributed by atoms with Crippen LogP contribution in [0, 0.1) is 5.92 Å². The monoisotopic (exact) mass is 360 g/mol. The molecule has 1 unspecified atom stereocenters. The van der Waals surface area contributed by atoms with Crippen molar-refractivity contribution in [2.24, 2.45) is 5.92 Å². The number of nitrogens with one attached hydrogen (secondary N) is 1. The van der Waals surface area contributed by atoms with Crippen LogP contribution in [0.1, 0.15) is 20.3 Å². The van der Waals surface area contributed by atoms with Crippen LogP contribution in [-0.2, 0) is 14.8 Å². The number of rotatable bonds is 7. The highest BCUT2D eigenvalue weighted by atomic mass is 35.5. The molecule has 130 valence electrons. The summed E-state index contributed by atoms with van der Waals surface area (Å²) in [5.74, 6) is 0.499. The number of nitrogens with zero attached hydrogens (tertiary/aromatic N) is 1. The van der Waals surface area contributed by atoms with Crippen molar-refractivity contribution in [3.63, 3.8) is 0 Å². The molecule has 2 rings (SSSR count). The molecule has 1 heterocycles. The van der Waals surface area contributed by atoms with E-state index in [1.165, 1.54) is 6.07 Å². The minimum absolute atomic E-state index is 0.174. The Hall–Kier alpha value is -0.660. The van der Waals surface area contributed by atoms with Crippen LogP contribution in [0.5, 0.6) is 0 Å². The molecule has 1 fully saturated rings. The molecule has 0 amide bonds. The second-order valence-corrected chi connectivity index (χ2v) is 8.44. The first kappa shape index (κ1) is 18.7. The molecule has 5 nitrogen and oxygen atoms in total. The molecule has 0 spiro atoms. The van der Waals surface area contributed by atoms with Crippen molar-refractivity contribution in [1.82, 2.24) is 9.62 Å². The van der Waals surface area contributed by atoms with E-state index in [0.717, 1.165) is 19.5 Å². The lowest BCUT2D eigenvalue weighted by molar-refractivity contribution is 0.0134. The van der Waals surface area contributed by atoms with Gasteiger partial charge in [-0.3, -0.25) is 4.90 Å². The van der Waals surface area contributed by atoms with Crippen LogP contribution in [-0.4, -0.2) is 52.2 Å². The molecule has 0 saturated carbocycles. The first-order valence-electron chi connectivity index (χ1n) is 7.95. The van der Waals surface area contributed by atoms with Crippen molar-refractivity contribution < 1.29 is 13.2 Å². The van der Waals surface area contributed by atoms with Gasteiger partial charge in [0.25, 0.3) is 0 Å². The van der Waals surface area contributed by atoms with Crippen LogP contribution in [0.2, 0.25) is 5.02 Å². The number of hydrogen-bond acceptors (Lipinski definition) is 4. The summed E-state index contributed by atoms with van der Waals surface area (Å²) in [6, 6.07) is 6.50. The zero-order valence-electron chi connectivity index (χ0n) is 13.7. The van der Waals surface area contributed by atoms with E-state index in [1.807, 2.05) is 0 Å². The number of hydrogen-bond donors (Lipinski definition) is 1. The molecule has 1 N–H and O–H groups in total. The van der Waals surface area contributed by atoms with Gasteiger partial charge in [0.1, 0.15) is 0 Å². The van der Waals surface area contributed by atoms with E-state index in [0.29, 0.717) is 30.7 Å². The van der Waals surface area contributed by atoms with E-state index in [4.69, 9.17) is 16.3 Å². The largest absolute Gasteiger partial charge is 0.379 e. The molecule has 0 aliphatic carbocycles. The number of sulfonamides is 1. The molecule has 7 heteroatoms. The van der Waals surface area contributed by atoms with Crippen molar-refractivity contribution in [2.45, 2.75) is 31.2 Å². The van der Waals surface area contributed by atoms with Crippen LogP contribution < -0.4 is 4.72 Å². The third-order valence-electron chi connectivity index (χ3n) is 3.92. The van der Waals surface area contributed by atoms with Crippen LogP contribution in [0.4, 0.5) is 0 Å². The van der Waals surface area contributed by atoms with Gasteiger partial charge in [-0.15, -0.1) is 0 Å². The molecule has 1 atom stereocenters. The molecule has 1 aromatic carbocycles. The number of benzene rings is 1. The zero-order valence-corrected chi connectivity index (χ0v) is 15.2. The molecular weight excluding hydrogens is 336 g/mol. The van der Waals surface area contributed by atoms with Gasteiger partial charge in [0.05, 0.1) is 18.1 Å². The van der Waals surface area contributed by atoms with Crippen molar-refractivity contribution in [2.75, 3.05) is 32.8 Å². The molecule has 0 aromatic heterocycles. The van der Waals surface area contributed by atoms with Gasteiger partial charge in [0.2, 0.25) is 10.0 Å². The Balaban J connectivity index is 2.04. The maximum Gasteiger partial charge on any atom is 0.240 e. The Labute approximate surface area is 144 Å². The molecule has 1 aliphatic heterocycles. The van der Waals surface area contributed by atoms with Gasteiger partial charge < -0.3 is 4.74 Å². The maximum absolute atomic E-state index is 12.4. The Morgan fingerprint density at radius 2 is 2.00 bits per heavy atom. The fraction of sp³-hybridized carbons (Fsp3) is 0.625. The van der Waals surface area contributed by atoms with E-state index in [-0.39, 0.29) is 10.9 Å². The van der Waals surface area contributed by atoms with E-state index in [2.05, 4.69) is 23.5 Å². The Morgan fingerprint density at radius 3 is 2.61 bits per heavy atom. The predicted octanol–water partition coefficient (Wildman–Crippen LogP) is 2.37. The molecule has 23 heavy (non-hydrogen) atoms. The molecule has 1 saturated heterocycles. The highest BCUT2D eigenvalue weighted by molar-refractivity contribution is 7.89. The lowest BCUT2D eigenvalue weighted by Crippen LogP contribution is -2.49. The van der Waals surface area contributed by atoms with Crippen LogP contribution in [0.25, 0.3) is 0 Å². The first-order chi connectivity index (χ1) is 10.9. The molecular formula is C16H25ClN2O3S. The number of halogens is 1. The number of morpholine rings is 1. The highest BCUT2D eigenvalue weighted by Crippen LogP contribution is 2.17. The first-order valence-corrected chi connectivity index (χ1v) is 9.81. The van der Waals surface area contributed by atoms with Crippen LogP contribution in [0.15, 0.2) is 29.2 Å². The summed E-state index contributed by atoms with van der Waals surface area (Å²) < 4.78 is 33.0. The summed E-state index contributed by atoms with van der Waals surface area (Å²) in [6.07, 6.45) is 0.943. The number of ether oxygens (including phenoxy) is 1. The Bertz CT molecular complexity index is 601. The van der Waals surface area contributed by atoms with Crippen molar-refractivity contribution in [1.29, 1.82) is 0 Å². The van der Waals surface area contributed by atoms with E-state index < -0.39 is 10.0 Å². The molecule has 1 aromatic rings. The third-order valence-corrected chi connectivity index (χ3v) is 5.58. The van der Waals surface area contributed by atoms with Gasteiger partial charge in [-0.1, -0.05) is 31.5 Å². The van der Waals surface area contributed by atoms with Gasteiger partial charge in [-0.05, 0) is 30.5 Å². The fourth-order valence-electron chi connectivity index (χ4n) is 2.77. The van der Waals surface area contributed by atoms with E-state index >= 15 is 0 Å². The van der Waals surface area contributed by atoms with E-state index in [1.54, 1.807) is 18.2 Å². The average molecular weight is 361 g/mol. The quantitative estimate of drug-likeness (QED) is 0.811. The minimum Gasteiger partial charge on any atom is -0.379 e. The Kier molecular flexibility index (Phi) is 6.85. The van der Waals surface area contributed by atoms with Gasteiger partial charge in [-0.25, -0.2) is 13.1 Å². The smallest absolute Gasteiger partial charge is 0.240 e. The fourth-order valence-corrected chi connectivity index (χ4v) is 4.14. The summed E-state index contributed by atoms with van der Waals surface area (Å²) in [5, 5.41) is 0.416. The second kappa shape index (κ2) is 8.44. The second-order valence-electron chi connectivity index (χ2n) is 6.24. The highest BCUT2D eigenvalue weighted by Gasteiger charge is 2.24. The van der Waals surface area contributed by atoms with Crippen LogP contribution in [0.3, 0.4) is 0 Å². The SMILES string of the molecule is CC(C)CC(CNS(=O)(=O)c1cccc(Cl)c1)N1CCOCC1. The summed E-state index contributed by atoms with van der Waals surface area (Å²) in [6.45, 7) is 7.79. The minimum atomic E-state index is -3.54. The lowest BCUT2D eigenvalue weighted by Gasteiger charge is -2.35. The van der Waals surface area contributed by atoms with Gasteiger partial charge in [-0.2, -0.15) is 0 Å². The Morgan fingerprint density at radius 1 is 1.30 bits per heavy atom. The van der Waals surface area contributed by atoms with Gasteiger partial charge in [0.15, 0.2) is 0 Å². The summed E-state index contributed by atoms with van der Waals surface area (Å²) in [7, 11) is -3.54. The molecule has 0 radical (unpaired) electrons. The standard InChI is InChI=1S/C16H25ClN2O3S/c1-13(2)10-15(19-6-8-22-9-7-19)12-18-23(20,21)16-5-3-4-14(17)11-16/h3-5,11,13,15,18H,6-10,12H2,1-2H3. The molecule has 1 aliphatic rings. The normalized spacial score (nSPS) is 18.3. The van der Waals surface area contributed by atoms with Gasteiger partial charge in [0, 0.05) is 30.7 Å². The zero-order chi connectivity index (χ0) is 16.9. The van der Waals surface area contributed by atoms with Gasteiger partial charge >= 0.3 is 0 Å². The predicted molar refractivity (Wildman–Crippen MR) is 92.3 cm³/mol. The van der Waals surface area contributed by atoms with Crippen molar-refractivity contribution in [3.8, 4) is 0 Å². The lowest BCUT2D eigenvalue weighted by atomic mass is 10.0. The topological polar surface area (TPSA) is 58.6 Å². The van der Waals surface area contributed by atoms with Crippen molar-refractivity contribution >= 4 is 21.6 Å². The third kappa shape index (κ3) is 5.72. The summed E-state index contributed by atoms with van der Waals surface area (Å²) in [4.78, 5) is 2.51. The maximum atomic E-state index is 12.4. The summed E-state index contributed by atoms with van der Waals surface area (Å²) >= 11 is 5.89. The van der Waals surface area contributed by atoms with E-state index in [9.17, 15) is 8.42 Å². The average Bonchev–Trinajstić information content (AvgIpc) is 2.52. The summed E-state index contributed by atoms with van der Waals surface area (Å²) in [5.41, 5.74) is 0. The van der Waals surface area contributed by atoms with Crippen LogP contribution >= 0.6 is 11.6 Å². The van der Waals surface area contributed by atoms with Crippen molar-refractivity contribution in [3.05, 3.63) is 29.3 Å².